The number of pyridine rings is 1. The smallest absolute Gasteiger partial charge is 0.135 e. The summed E-state index contributed by atoms with van der Waals surface area (Å²) >= 11 is 0. The van der Waals surface area contributed by atoms with Crippen LogP contribution in [0.25, 0.3) is 27.6 Å². The summed E-state index contributed by atoms with van der Waals surface area (Å²) in [5, 5.41) is 2.26. The quantitative estimate of drug-likeness (QED) is 0.163. The van der Waals surface area contributed by atoms with Crippen molar-refractivity contribution in [2.45, 2.75) is 52.4 Å². The number of hydrogen-bond donors (Lipinski definition) is 0. The standard InChI is InChI=1S/C40H37N4O.Pt/c1-39(2,3)28-11-9-12-30(23-28)42-21-22-43(27-42)31-13-10-14-32(25-31)45-33-17-18-35-34-15-7-8-16-36(34)44(37(35)26-33)38-24-29(19-20-41-38)40(4,5)6;/h7-24,27H,1-6H3;/q-3;. The zero-order valence-corrected chi connectivity index (χ0v) is 29.3. The zero-order chi connectivity index (χ0) is 31.3. The fourth-order valence-electron chi connectivity index (χ4n) is 5.73. The van der Waals surface area contributed by atoms with E-state index in [0.29, 0.717) is 11.5 Å². The van der Waals surface area contributed by atoms with Gasteiger partial charge in [-0.15, -0.1) is 48.1 Å². The maximum Gasteiger partial charge on any atom is 0.135 e. The largest absolute Gasteiger partial charge is 0.509 e. The van der Waals surface area contributed by atoms with E-state index in [1.807, 2.05) is 36.7 Å². The molecule has 0 spiro atoms. The van der Waals surface area contributed by atoms with Crippen molar-refractivity contribution in [2.24, 2.45) is 0 Å². The third-order valence-corrected chi connectivity index (χ3v) is 8.30. The van der Waals surface area contributed by atoms with E-state index in [2.05, 4.69) is 148 Å². The van der Waals surface area contributed by atoms with E-state index >= 15 is 0 Å². The number of rotatable bonds is 5. The Morgan fingerprint density at radius 2 is 1.39 bits per heavy atom. The third-order valence-electron chi connectivity index (χ3n) is 8.30. The van der Waals surface area contributed by atoms with Gasteiger partial charge >= 0.3 is 0 Å². The maximum atomic E-state index is 6.39. The van der Waals surface area contributed by atoms with Crippen LogP contribution in [0.15, 0.2) is 110 Å². The van der Waals surface area contributed by atoms with E-state index in [1.54, 1.807) is 0 Å². The molecule has 6 heteroatoms. The molecule has 3 heterocycles. The molecule has 7 rings (SSSR count). The molecule has 2 aromatic heterocycles. The van der Waals surface area contributed by atoms with Gasteiger partial charge < -0.3 is 19.1 Å². The van der Waals surface area contributed by atoms with Crippen molar-refractivity contribution in [3.05, 3.63) is 140 Å². The van der Waals surface area contributed by atoms with Crippen LogP contribution in [0.1, 0.15) is 52.7 Å². The van der Waals surface area contributed by atoms with Crippen LogP contribution in [-0.4, -0.2) is 9.55 Å². The topological polar surface area (TPSA) is 33.5 Å². The minimum Gasteiger partial charge on any atom is -0.509 e. The molecule has 0 bridgehead atoms. The first kappa shape index (κ1) is 31.6. The predicted molar refractivity (Wildman–Crippen MR) is 185 cm³/mol. The molecule has 0 saturated carbocycles. The second kappa shape index (κ2) is 12.1. The first-order valence-electron chi connectivity index (χ1n) is 15.4. The Labute approximate surface area is 286 Å². The van der Waals surface area contributed by atoms with Gasteiger partial charge in [0.2, 0.25) is 0 Å². The van der Waals surface area contributed by atoms with Gasteiger partial charge in [-0.2, -0.15) is 12.1 Å². The van der Waals surface area contributed by atoms with Gasteiger partial charge in [-0.05, 0) is 70.1 Å². The second-order valence-electron chi connectivity index (χ2n) is 13.6. The van der Waals surface area contributed by atoms with Gasteiger partial charge in [0.25, 0.3) is 0 Å². The van der Waals surface area contributed by atoms with Crippen molar-refractivity contribution < 1.29 is 25.8 Å². The molecule has 0 N–H and O–H groups in total. The molecule has 6 aromatic rings. The van der Waals surface area contributed by atoms with Crippen LogP contribution in [0.5, 0.6) is 11.5 Å². The van der Waals surface area contributed by atoms with Crippen LogP contribution in [0.2, 0.25) is 0 Å². The normalized spacial score (nSPS) is 13.4. The molecular weight excluding hydrogens is 748 g/mol. The Morgan fingerprint density at radius 3 is 2.20 bits per heavy atom. The van der Waals surface area contributed by atoms with Crippen LogP contribution in [-0.2, 0) is 31.9 Å². The van der Waals surface area contributed by atoms with Crippen LogP contribution in [0, 0.1) is 18.8 Å². The molecule has 5 nitrogen and oxygen atoms in total. The van der Waals surface area contributed by atoms with Gasteiger partial charge in [0.15, 0.2) is 0 Å². The van der Waals surface area contributed by atoms with Crippen molar-refractivity contribution >= 4 is 33.2 Å². The average Bonchev–Trinajstić information content (AvgIpc) is 3.64. The number of nitrogens with zero attached hydrogens (tertiary/aromatic N) is 4. The number of para-hydroxylation sites is 1. The van der Waals surface area contributed by atoms with E-state index in [-0.39, 0.29) is 31.9 Å². The van der Waals surface area contributed by atoms with Crippen molar-refractivity contribution in [1.82, 2.24) is 9.55 Å². The summed E-state index contributed by atoms with van der Waals surface area (Å²) in [6.07, 6.45) is 5.99. The van der Waals surface area contributed by atoms with E-state index in [4.69, 9.17) is 9.72 Å². The molecule has 0 unspecified atom stereocenters. The Morgan fingerprint density at radius 1 is 0.674 bits per heavy atom. The minimum absolute atomic E-state index is 0. The molecule has 4 aromatic carbocycles. The molecule has 46 heavy (non-hydrogen) atoms. The summed E-state index contributed by atoms with van der Waals surface area (Å²) in [7, 11) is 0. The molecule has 0 saturated heterocycles. The van der Waals surface area contributed by atoms with Crippen LogP contribution in [0.3, 0.4) is 0 Å². The van der Waals surface area contributed by atoms with Crippen LogP contribution in [0.4, 0.5) is 11.4 Å². The summed E-state index contributed by atoms with van der Waals surface area (Å²) in [6, 6.07) is 38.4. The molecule has 236 valence electrons. The third kappa shape index (κ3) is 6.09. The van der Waals surface area contributed by atoms with Crippen molar-refractivity contribution in [2.75, 3.05) is 9.80 Å². The van der Waals surface area contributed by atoms with Gasteiger partial charge in [-0.3, -0.25) is 0 Å². The second-order valence-corrected chi connectivity index (χ2v) is 13.6. The van der Waals surface area contributed by atoms with Gasteiger partial charge in [0.05, 0.1) is 0 Å². The van der Waals surface area contributed by atoms with E-state index in [0.717, 1.165) is 39.0 Å². The molecular formula is C40H37N4OPt-3. The van der Waals surface area contributed by atoms with E-state index in [9.17, 15) is 0 Å². The molecule has 0 aliphatic carbocycles. The van der Waals surface area contributed by atoms with Gasteiger partial charge in [0, 0.05) is 50.0 Å². The fraction of sp³-hybridized carbons (Fsp3) is 0.200. The Balaban J connectivity index is 0.00000372. The fourth-order valence-corrected chi connectivity index (χ4v) is 5.73. The van der Waals surface area contributed by atoms with Gasteiger partial charge in [-0.25, -0.2) is 4.98 Å². The van der Waals surface area contributed by atoms with Crippen LogP contribution < -0.4 is 14.5 Å². The van der Waals surface area contributed by atoms with E-state index in [1.165, 1.54) is 11.1 Å². The molecule has 0 atom stereocenters. The number of benzene rings is 4. The molecule has 1 aliphatic heterocycles. The molecule has 0 fully saturated rings. The predicted octanol–water partition coefficient (Wildman–Crippen LogP) is 10.1. The SMILES string of the molecule is CC(C)(C)c1cccc(N2C=CN(c3[c-]c(Oc4[c-]c5c(cc4)c4ccccc4n5-c4cc(C(C)(C)C)ccn4)ccc3)[CH-]2)c1.[Pt]. The number of hydrogen-bond acceptors (Lipinski definition) is 4. The van der Waals surface area contributed by atoms with Gasteiger partial charge in [-0.1, -0.05) is 77.4 Å². The van der Waals surface area contributed by atoms with Crippen molar-refractivity contribution in [1.29, 1.82) is 0 Å². The molecule has 0 amide bonds. The average molecular weight is 785 g/mol. The number of ether oxygens (including phenoxy) is 1. The summed E-state index contributed by atoms with van der Waals surface area (Å²) in [4.78, 5) is 8.96. The maximum absolute atomic E-state index is 6.39. The Kier molecular flexibility index (Phi) is 8.33. The monoisotopic (exact) mass is 784 g/mol. The number of fused-ring (bicyclic) bond motifs is 3. The van der Waals surface area contributed by atoms with Crippen molar-refractivity contribution in [3.8, 4) is 17.3 Å². The molecule has 1 aliphatic rings. The Hall–Kier alpha value is -4.34. The summed E-state index contributed by atoms with van der Waals surface area (Å²) in [5.74, 6) is 2.10. The van der Waals surface area contributed by atoms with Gasteiger partial charge in [0.1, 0.15) is 5.82 Å². The zero-order valence-electron chi connectivity index (χ0n) is 27.0. The number of aromatic nitrogens is 2. The van der Waals surface area contributed by atoms with Crippen LogP contribution >= 0.6 is 0 Å². The first-order valence-corrected chi connectivity index (χ1v) is 15.4. The van der Waals surface area contributed by atoms with Crippen molar-refractivity contribution in [3.63, 3.8) is 0 Å². The molecule has 0 radical (unpaired) electrons. The first-order chi connectivity index (χ1) is 21.5. The summed E-state index contributed by atoms with van der Waals surface area (Å²) in [6.45, 7) is 15.4. The summed E-state index contributed by atoms with van der Waals surface area (Å²) < 4.78 is 8.57. The number of anilines is 2. The summed E-state index contributed by atoms with van der Waals surface area (Å²) in [5.41, 5.74) is 6.63. The Bertz CT molecular complexity index is 2060. The van der Waals surface area contributed by atoms with E-state index < -0.39 is 0 Å². The minimum atomic E-state index is 0.